The third-order valence-electron chi connectivity index (χ3n) is 4.74. The smallest absolute Gasteiger partial charge is 0.0464 e. The number of hydrogen-bond donors (Lipinski definition) is 1. The fraction of sp³-hybridized carbons (Fsp3) is 0.625. The fourth-order valence-electron chi connectivity index (χ4n) is 3.67. The van der Waals surface area contributed by atoms with Gasteiger partial charge in [0, 0.05) is 27.6 Å². The Balaban J connectivity index is 1.62. The Morgan fingerprint density at radius 3 is 3.00 bits per heavy atom. The molecule has 1 aromatic rings. The molecule has 0 radical (unpaired) electrons. The molecule has 1 N–H and O–H groups in total. The Morgan fingerprint density at radius 1 is 1.35 bits per heavy atom. The van der Waals surface area contributed by atoms with E-state index in [1.54, 1.807) is 0 Å². The summed E-state index contributed by atoms with van der Waals surface area (Å²) in [5.41, 5.74) is 1.20. The van der Waals surface area contributed by atoms with E-state index in [1.807, 2.05) is 6.07 Å². The Labute approximate surface area is 135 Å². The quantitative estimate of drug-likeness (QED) is 0.863. The molecular weight excluding hydrogens is 336 g/mol. The molecule has 3 unspecified atom stereocenters. The summed E-state index contributed by atoms with van der Waals surface area (Å²) in [5, 5.41) is 4.63. The minimum absolute atomic E-state index is 0.313. The summed E-state index contributed by atoms with van der Waals surface area (Å²) in [6.07, 6.45) is 5.31. The van der Waals surface area contributed by atoms with E-state index < -0.39 is 0 Å². The van der Waals surface area contributed by atoms with Crippen molar-refractivity contribution in [2.75, 3.05) is 13.1 Å². The third-order valence-corrected chi connectivity index (χ3v) is 5.56. The van der Waals surface area contributed by atoms with E-state index in [0.29, 0.717) is 12.1 Å². The molecule has 0 aliphatic carbocycles. The Bertz CT molecular complexity index is 480. The van der Waals surface area contributed by atoms with Gasteiger partial charge in [-0.05, 0) is 63.4 Å². The second-order valence-corrected chi connectivity index (χ2v) is 7.43. The van der Waals surface area contributed by atoms with Gasteiger partial charge in [-0.1, -0.05) is 33.6 Å². The van der Waals surface area contributed by atoms with Gasteiger partial charge in [0.15, 0.2) is 0 Å². The van der Waals surface area contributed by atoms with Crippen LogP contribution >= 0.6 is 27.5 Å². The summed E-state index contributed by atoms with van der Waals surface area (Å²) >= 11 is 9.82. The van der Waals surface area contributed by atoms with Crippen molar-refractivity contribution in [1.82, 2.24) is 10.2 Å². The normalized spacial score (nSPS) is 28.4. The molecule has 110 valence electrons. The van der Waals surface area contributed by atoms with Gasteiger partial charge in [-0.25, -0.2) is 0 Å². The van der Waals surface area contributed by atoms with Crippen molar-refractivity contribution < 1.29 is 0 Å². The Morgan fingerprint density at radius 2 is 2.20 bits per heavy atom. The highest BCUT2D eigenvalue weighted by Gasteiger charge is 2.32. The number of hydrogen-bond acceptors (Lipinski definition) is 2. The third kappa shape index (κ3) is 3.22. The number of rotatable bonds is 3. The van der Waals surface area contributed by atoms with Gasteiger partial charge in [-0.15, -0.1) is 0 Å². The van der Waals surface area contributed by atoms with Crippen molar-refractivity contribution >= 4 is 27.5 Å². The number of piperidine rings is 1. The molecule has 2 aliphatic heterocycles. The van der Waals surface area contributed by atoms with Crippen LogP contribution in [0, 0.1) is 0 Å². The molecule has 2 aliphatic rings. The maximum absolute atomic E-state index is 6.35. The van der Waals surface area contributed by atoms with Crippen molar-refractivity contribution in [2.45, 2.75) is 50.7 Å². The van der Waals surface area contributed by atoms with Gasteiger partial charge < -0.3 is 10.2 Å². The molecular formula is C16H22BrClN2. The minimum Gasteiger partial charge on any atom is -0.307 e. The molecule has 4 heteroatoms. The summed E-state index contributed by atoms with van der Waals surface area (Å²) < 4.78 is 1.04. The number of fused-ring (bicyclic) bond motifs is 1. The van der Waals surface area contributed by atoms with Gasteiger partial charge in [0.25, 0.3) is 0 Å². The Hall–Kier alpha value is -0.0900. The standard InChI is InChI=1S/C16H22BrClN2/c1-11(15-5-4-12(17)9-16(15)18)19-13-6-8-20-7-2-3-14(20)10-13/h4-5,9,11,13-14,19H,2-3,6-8,10H2,1H3. The summed E-state index contributed by atoms with van der Waals surface area (Å²) in [6, 6.07) is 7.93. The van der Waals surface area contributed by atoms with E-state index in [9.17, 15) is 0 Å². The lowest BCUT2D eigenvalue weighted by Crippen LogP contribution is -2.46. The molecule has 3 rings (SSSR count). The van der Waals surface area contributed by atoms with E-state index in [4.69, 9.17) is 11.6 Å². The van der Waals surface area contributed by atoms with Gasteiger partial charge in [0.2, 0.25) is 0 Å². The average Bonchev–Trinajstić information content (AvgIpc) is 2.85. The number of benzene rings is 1. The van der Waals surface area contributed by atoms with Crippen LogP contribution in [0.4, 0.5) is 0 Å². The van der Waals surface area contributed by atoms with Crippen LogP contribution in [-0.2, 0) is 0 Å². The van der Waals surface area contributed by atoms with E-state index in [-0.39, 0.29) is 0 Å². The van der Waals surface area contributed by atoms with Gasteiger partial charge in [0.05, 0.1) is 0 Å². The summed E-state index contributed by atoms with van der Waals surface area (Å²) in [7, 11) is 0. The van der Waals surface area contributed by atoms with E-state index in [0.717, 1.165) is 15.5 Å². The van der Waals surface area contributed by atoms with Crippen LogP contribution in [0.1, 0.15) is 44.2 Å². The van der Waals surface area contributed by atoms with Crippen molar-refractivity contribution in [3.05, 3.63) is 33.3 Å². The highest BCUT2D eigenvalue weighted by molar-refractivity contribution is 9.10. The highest BCUT2D eigenvalue weighted by atomic mass is 79.9. The molecule has 0 amide bonds. The first-order chi connectivity index (χ1) is 9.63. The first kappa shape index (κ1) is 14.8. The molecule has 0 bridgehead atoms. The molecule has 2 saturated heterocycles. The molecule has 2 fully saturated rings. The number of nitrogens with one attached hydrogen (secondary N) is 1. The van der Waals surface area contributed by atoms with Crippen LogP contribution < -0.4 is 5.32 Å². The second-order valence-electron chi connectivity index (χ2n) is 6.11. The van der Waals surface area contributed by atoms with E-state index in [2.05, 4.69) is 45.2 Å². The van der Waals surface area contributed by atoms with Crippen molar-refractivity contribution in [2.24, 2.45) is 0 Å². The zero-order valence-electron chi connectivity index (χ0n) is 11.9. The largest absolute Gasteiger partial charge is 0.307 e. The predicted molar refractivity (Wildman–Crippen MR) is 88.3 cm³/mol. The minimum atomic E-state index is 0.313. The molecule has 1 aromatic carbocycles. The first-order valence-corrected chi connectivity index (χ1v) is 8.75. The topological polar surface area (TPSA) is 15.3 Å². The van der Waals surface area contributed by atoms with Gasteiger partial charge in [0.1, 0.15) is 0 Å². The second kappa shape index (κ2) is 6.35. The lowest BCUT2D eigenvalue weighted by atomic mass is 9.96. The summed E-state index contributed by atoms with van der Waals surface area (Å²) in [5.74, 6) is 0. The zero-order chi connectivity index (χ0) is 14.1. The van der Waals surface area contributed by atoms with Gasteiger partial charge in [-0.3, -0.25) is 0 Å². The van der Waals surface area contributed by atoms with Crippen LogP contribution in [-0.4, -0.2) is 30.1 Å². The molecule has 0 spiro atoms. The van der Waals surface area contributed by atoms with E-state index >= 15 is 0 Å². The average molecular weight is 358 g/mol. The van der Waals surface area contributed by atoms with Gasteiger partial charge in [-0.2, -0.15) is 0 Å². The maximum Gasteiger partial charge on any atom is 0.0464 e. The van der Waals surface area contributed by atoms with Crippen LogP contribution in [0.5, 0.6) is 0 Å². The molecule has 0 aromatic heterocycles. The summed E-state index contributed by atoms with van der Waals surface area (Å²) in [4.78, 5) is 2.66. The van der Waals surface area contributed by atoms with E-state index in [1.165, 1.54) is 44.3 Å². The van der Waals surface area contributed by atoms with Crippen LogP contribution in [0.25, 0.3) is 0 Å². The molecule has 2 heterocycles. The number of nitrogens with zero attached hydrogens (tertiary/aromatic N) is 1. The molecule has 0 saturated carbocycles. The zero-order valence-corrected chi connectivity index (χ0v) is 14.3. The molecule has 20 heavy (non-hydrogen) atoms. The predicted octanol–water partition coefficient (Wildman–Crippen LogP) is 4.38. The highest BCUT2D eigenvalue weighted by Crippen LogP contribution is 2.30. The van der Waals surface area contributed by atoms with Crippen molar-refractivity contribution in [1.29, 1.82) is 0 Å². The lowest BCUT2D eigenvalue weighted by molar-refractivity contribution is 0.162. The lowest BCUT2D eigenvalue weighted by Gasteiger charge is -2.36. The van der Waals surface area contributed by atoms with Crippen LogP contribution in [0.3, 0.4) is 0 Å². The number of halogens is 2. The van der Waals surface area contributed by atoms with Crippen molar-refractivity contribution in [3.8, 4) is 0 Å². The van der Waals surface area contributed by atoms with Gasteiger partial charge >= 0.3 is 0 Å². The fourth-order valence-corrected chi connectivity index (χ4v) is 4.51. The SMILES string of the molecule is CC(NC1CCN2CCCC2C1)c1ccc(Br)cc1Cl. The van der Waals surface area contributed by atoms with Crippen LogP contribution in [0.15, 0.2) is 22.7 Å². The molecule has 2 nitrogen and oxygen atoms in total. The Kier molecular flexibility index (Phi) is 4.71. The first-order valence-electron chi connectivity index (χ1n) is 7.58. The monoisotopic (exact) mass is 356 g/mol. The molecule has 3 atom stereocenters. The maximum atomic E-state index is 6.35. The summed E-state index contributed by atoms with van der Waals surface area (Å²) in [6.45, 7) is 4.78. The van der Waals surface area contributed by atoms with Crippen LogP contribution in [0.2, 0.25) is 5.02 Å². The van der Waals surface area contributed by atoms with Crippen molar-refractivity contribution in [3.63, 3.8) is 0 Å².